The lowest BCUT2D eigenvalue weighted by Crippen LogP contribution is -2.20. The van der Waals surface area contributed by atoms with Crippen LogP contribution in [-0.2, 0) is 14.4 Å². The van der Waals surface area contributed by atoms with E-state index in [2.05, 4.69) is 26.1 Å². The maximum atomic E-state index is 12.2. The number of hydrogen-bond acceptors (Lipinski definition) is 8. The number of carbonyl (C=O) groups excluding carboxylic acids is 3. The molecular formula is C20H19N5O4S2. The number of benzene rings is 2. The van der Waals surface area contributed by atoms with Gasteiger partial charge in [-0.1, -0.05) is 47.4 Å². The molecule has 0 fully saturated rings. The van der Waals surface area contributed by atoms with E-state index >= 15 is 0 Å². The average Bonchev–Trinajstić information content (AvgIpc) is 3.18. The Bertz CT molecular complexity index is 1060. The van der Waals surface area contributed by atoms with E-state index in [-0.39, 0.29) is 30.1 Å². The zero-order valence-electron chi connectivity index (χ0n) is 16.5. The summed E-state index contributed by atoms with van der Waals surface area (Å²) in [5.41, 5.74) is 1.17. The van der Waals surface area contributed by atoms with Gasteiger partial charge in [0.15, 0.2) is 10.9 Å². The number of amides is 3. The number of hydrogen-bond donors (Lipinski definition) is 3. The van der Waals surface area contributed by atoms with Gasteiger partial charge in [0, 0.05) is 18.3 Å². The lowest BCUT2D eigenvalue weighted by molar-refractivity contribution is -0.118. The van der Waals surface area contributed by atoms with Crippen molar-refractivity contribution >= 4 is 57.3 Å². The van der Waals surface area contributed by atoms with Crippen LogP contribution in [0.3, 0.4) is 0 Å². The van der Waals surface area contributed by atoms with Gasteiger partial charge in [-0.05, 0) is 30.3 Å². The smallest absolute Gasteiger partial charge is 0.264 e. The van der Waals surface area contributed by atoms with Crippen LogP contribution in [0.25, 0.3) is 0 Å². The van der Waals surface area contributed by atoms with Crippen molar-refractivity contribution in [1.82, 2.24) is 10.2 Å². The number of nitrogens with zero attached hydrogens (tertiary/aromatic N) is 2. The van der Waals surface area contributed by atoms with E-state index in [9.17, 15) is 14.4 Å². The summed E-state index contributed by atoms with van der Waals surface area (Å²) in [5.74, 6) is -0.0654. The minimum absolute atomic E-state index is 0.115. The highest BCUT2D eigenvalue weighted by Gasteiger charge is 2.11. The number of ether oxygens (including phenoxy) is 1. The highest BCUT2D eigenvalue weighted by Crippen LogP contribution is 2.25. The molecule has 0 bridgehead atoms. The Morgan fingerprint density at radius 1 is 0.935 bits per heavy atom. The monoisotopic (exact) mass is 457 g/mol. The maximum Gasteiger partial charge on any atom is 0.264 e. The third-order valence-electron chi connectivity index (χ3n) is 3.56. The maximum absolute atomic E-state index is 12.2. The van der Waals surface area contributed by atoms with Crippen LogP contribution in [0, 0.1) is 0 Å². The van der Waals surface area contributed by atoms with Crippen LogP contribution in [0.5, 0.6) is 5.75 Å². The predicted molar refractivity (Wildman–Crippen MR) is 121 cm³/mol. The van der Waals surface area contributed by atoms with Crippen LogP contribution in [-0.4, -0.2) is 40.3 Å². The third kappa shape index (κ3) is 7.72. The first-order valence-corrected chi connectivity index (χ1v) is 10.9. The Hall–Kier alpha value is -3.44. The first kappa shape index (κ1) is 22.2. The van der Waals surface area contributed by atoms with Crippen molar-refractivity contribution in [2.45, 2.75) is 11.3 Å². The van der Waals surface area contributed by atoms with Gasteiger partial charge in [-0.3, -0.25) is 19.7 Å². The lowest BCUT2D eigenvalue weighted by Gasteiger charge is -2.07. The van der Waals surface area contributed by atoms with E-state index in [1.165, 1.54) is 30.0 Å². The zero-order chi connectivity index (χ0) is 22.1. The summed E-state index contributed by atoms with van der Waals surface area (Å²) in [4.78, 5) is 35.3. The van der Waals surface area contributed by atoms with Crippen LogP contribution >= 0.6 is 23.1 Å². The van der Waals surface area contributed by atoms with Crippen molar-refractivity contribution in [3.05, 3.63) is 54.6 Å². The molecule has 1 heterocycles. The Morgan fingerprint density at radius 2 is 1.68 bits per heavy atom. The van der Waals surface area contributed by atoms with Gasteiger partial charge >= 0.3 is 0 Å². The van der Waals surface area contributed by atoms with Crippen molar-refractivity contribution in [2.24, 2.45) is 0 Å². The molecule has 11 heteroatoms. The normalized spacial score (nSPS) is 10.2. The molecule has 1 aromatic heterocycles. The number of aromatic nitrogens is 2. The van der Waals surface area contributed by atoms with Crippen molar-refractivity contribution in [3.8, 4) is 5.75 Å². The number of anilines is 3. The summed E-state index contributed by atoms with van der Waals surface area (Å²) >= 11 is 2.37. The minimum atomic E-state index is -0.353. The van der Waals surface area contributed by atoms with Crippen molar-refractivity contribution in [2.75, 3.05) is 28.3 Å². The fourth-order valence-corrected chi connectivity index (χ4v) is 3.91. The second-order valence-electron chi connectivity index (χ2n) is 6.12. The molecule has 0 aliphatic rings. The van der Waals surface area contributed by atoms with Crippen molar-refractivity contribution in [3.63, 3.8) is 0 Å². The molecule has 160 valence electrons. The standard InChI is InChI=1S/C20H19N5O4S2/c1-13(26)21-14-6-5-7-15(10-14)22-18(28)12-30-20-25-24-19(31-20)23-17(27)11-29-16-8-3-2-4-9-16/h2-10H,11-12H2,1H3,(H,21,26)(H,22,28)(H,23,24,27). The molecule has 0 atom stereocenters. The van der Waals surface area contributed by atoms with Gasteiger partial charge in [0.05, 0.1) is 5.75 Å². The van der Waals surface area contributed by atoms with Gasteiger partial charge in [0.25, 0.3) is 5.91 Å². The molecule has 3 amide bonds. The number of nitrogens with one attached hydrogen (secondary N) is 3. The molecule has 9 nitrogen and oxygen atoms in total. The molecule has 0 radical (unpaired) electrons. The van der Waals surface area contributed by atoms with Gasteiger partial charge in [-0.15, -0.1) is 10.2 Å². The molecule has 2 aromatic carbocycles. The predicted octanol–water partition coefficient (Wildman–Crippen LogP) is 3.24. The fourth-order valence-electron chi connectivity index (χ4n) is 2.34. The first-order valence-electron chi connectivity index (χ1n) is 9.09. The molecule has 3 rings (SSSR count). The summed E-state index contributed by atoms with van der Waals surface area (Å²) < 4.78 is 5.92. The fraction of sp³-hybridized carbons (Fsp3) is 0.150. The van der Waals surface area contributed by atoms with Gasteiger partial charge in [0.1, 0.15) is 5.75 Å². The molecule has 0 aliphatic heterocycles. The van der Waals surface area contributed by atoms with Crippen LogP contribution in [0.4, 0.5) is 16.5 Å². The molecule has 0 saturated carbocycles. The number of para-hydroxylation sites is 1. The van der Waals surface area contributed by atoms with E-state index in [0.29, 0.717) is 26.6 Å². The Kier molecular flexibility index (Phi) is 7.96. The Morgan fingerprint density at radius 3 is 2.42 bits per heavy atom. The van der Waals surface area contributed by atoms with Crippen molar-refractivity contribution < 1.29 is 19.1 Å². The lowest BCUT2D eigenvalue weighted by atomic mass is 10.2. The zero-order valence-corrected chi connectivity index (χ0v) is 18.1. The summed E-state index contributed by atoms with van der Waals surface area (Å²) in [7, 11) is 0. The topological polar surface area (TPSA) is 122 Å². The highest BCUT2D eigenvalue weighted by molar-refractivity contribution is 8.01. The molecular weight excluding hydrogens is 438 g/mol. The number of rotatable bonds is 9. The summed E-state index contributed by atoms with van der Waals surface area (Å²) in [6, 6.07) is 15.9. The number of carbonyl (C=O) groups is 3. The SMILES string of the molecule is CC(=O)Nc1cccc(NC(=O)CSc2nnc(NC(=O)COc3ccccc3)s2)c1. The van der Waals surface area contributed by atoms with Gasteiger partial charge in [0.2, 0.25) is 16.9 Å². The second-order valence-corrected chi connectivity index (χ2v) is 8.32. The van der Waals surface area contributed by atoms with E-state index in [1.807, 2.05) is 18.2 Å². The molecule has 3 aromatic rings. The van der Waals surface area contributed by atoms with E-state index in [0.717, 1.165) is 0 Å². The van der Waals surface area contributed by atoms with Crippen LogP contribution in [0.1, 0.15) is 6.92 Å². The van der Waals surface area contributed by atoms with Gasteiger partial charge in [-0.25, -0.2) is 0 Å². The van der Waals surface area contributed by atoms with Crippen molar-refractivity contribution in [1.29, 1.82) is 0 Å². The molecule has 0 unspecified atom stereocenters. The second kappa shape index (κ2) is 11.1. The first-order chi connectivity index (χ1) is 15.0. The Balaban J connectivity index is 1.42. The van der Waals surface area contributed by atoms with Gasteiger partial charge < -0.3 is 15.4 Å². The summed E-state index contributed by atoms with van der Waals surface area (Å²) in [5, 5.41) is 16.2. The van der Waals surface area contributed by atoms with E-state index < -0.39 is 0 Å². The Labute approximate surface area is 186 Å². The van der Waals surface area contributed by atoms with Gasteiger partial charge in [-0.2, -0.15) is 0 Å². The largest absolute Gasteiger partial charge is 0.484 e. The molecule has 0 spiro atoms. The quantitative estimate of drug-likeness (QED) is 0.333. The van der Waals surface area contributed by atoms with Crippen LogP contribution in [0.2, 0.25) is 0 Å². The minimum Gasteiger partial charge on any atom is -0.484 e. The molecule has 0 aliphatic carbocycles. The van der Waals surface area contributed by atoms with E-state index in [1.54, 1.807) is 36.4 Å². The molecule has 3 N–H and O–H groups in total. The van der Waals surface area contributed by atoms with Crippen LogP contribution < -0.4 is 20.7 Å². The molecule has 31 heavy (non-hydrogen) atoms. The summed E-state index contributed by atoms with van der Waals surface area (Å²) in [6.07, 6.45) is 0. The molecule has 0 saturated heterocycles. The summed E-state index contributed by atoms with van der Waals surface area (Å²) in [6.45, 7) is 1.27. The average molecular weight is 458 g/mol. The van der Waals surface area contributed by atoms with Crippen LogP contribution in [0.15, 0.2) is 58.9 Å². The number of thioether (sulfide) groups is 1. The third-order valence-corrected chi connectivity index (χ3v) is 5.53. The highest BCUT2D eigenvalue weighted by atomic mass is 32.2. The van der Waals surface area contributed by atoms with E-state index in [4.69, 9.17) is 4.74 Å².